The monoisotopic (exact) mass is 368 g/mol. The van der Waals surface area contributed by atoms with E-state index in [0.29, 0.717) is 12.5 Å². The van der Waals surface area contributed by atoms with E-state index in [9.17, 15) is 4.79 Å². The first-order chi connectivity index (χ1) is 13.1. The number of carbonyl (C=O) groups excluding carboxylic acids is 1. The zero-order chi connectivity index (χ0) is 18.8. The Hall–Kier alpha value is -3.03. The van der Waals surface area contributed by atoms with Gasteiger partial charge >= 0.3 is 6.03 Å². The summed E-state index contributed by atoms with van der Waals surface area (Å²) in [6, 6.07) is 6.06. The molecule has 2 amide bonds. The number of hydrogen-bond acceptors (Lipinski definition) is 4. The quantitative estimate of drug-likeness (QED) is 0.740. The number of piperidine rings is 1. The maximum absolute atomic E-state index is 12.4. The highest BCUT2D eigenvalue weighted by Gasteiger charge is 2.25. The minimum absolute atomic E-state index is 0.0419. The SMILES string of the molecule is COc1ccc2[nH]cc(C3CCN(C(=O)NCc4cn(C)nn4)CC3)c2c1. The number of nitrogens with zero attached hydrogens (tertiary/aromatic N) is 4. The first kappa shape index (κ1) is 17.4. The van der Waals surface area contributed by atoms with Gasteiger partial charge in [-0.15, -0.1) is 5.10 Å². The number of carbonyl (C=O) groups is 1. The molecule has 0 saturated carbocycles. The van der Waals surface area contributed by atoms with Crippen LogP contribution in [0.3, 0.4) is 0 Å². The molecule has 142 valence electrons. The van der Waals surface area contributed by atoms with Gasteiger partial charge < -0.3 is 19.9 Å². The van der Waals surface area contributed by atoms with Crippen molar-refractivity contribution in [3.63, 3.8) is 0 Å². The lowest BCUT2D eigenvalue weighted by Gasteiger charge is -2.32. The highest BCUT2D eigenvalue weighted by molar-refractivity contribution is 5.85. The van der Waals surface area contributed by atoms with Crippen LogP contribution in [0.15, 0.2) is 30.6 Å². The molecule has 0 spiro atoms. The number of methoxy groups -OCH3 is 1. The van der Waals surface area contributed by atoms with Crippen molar-refractivity contribution in [2.75, 3.05) is 20.2 Å². The Labute approximate surface area is 157 Å². The van der Waals surface area contributed by atoms with E-state index in [2.05, 4.69) is 32.9 Å². The third kappa shape index (κ3) is 3.60. The van der Waals surface area contributed by atoms with Gasteiger partial charge in [-0.3, -0.25) is 4.68 Å². The van der Waals surface area contributed by atoms with Gasteiger partial charge in [-0.1, -0.05) is 5.21 Å². The number of likely N-dealkylation sites (tertiary alicyclic amines) is 1. The molecule has 1 aromatic carbocycles. The number of aromatic nitrogens is 4. The molecular formula is C19H24N6O2. The minimum atomic E-state index is -0.0419. The van der Waals surface area contributed by atoms with Gasteiger partial charge in [0.25, 0.3) is 0 Å². The predicted octanol–water partition coefficient (Wildman–Crippen LogP) is 2.39. The van der Waals surface area contributed by atoms with Crippen LogP contribution in [0.4, 0.5) is 4.79 Å². The molecule has 0 atom stereocenters. The molecule has 0 unspecified atom stereocenters. The second kappa shape index (κ2) is 7.30. The molecule has 0 bridgehead atoms. The zero-order valence-corrected chi connectivity index (χ0v) is 15.6. The number of nitrogens with one attached hydrogen (secondary N) is 2. The Kier molecular flexibility index (Phi) is 4.70. The summed E-state index contributed by atoms with van der Waals surface area (Å²) in [6.07, 6.45) is 5.79. The summed E-state index contributed by atoms with van der Waals surface area (Å²) < 4.78 is 6.99. The van der Waals surface area contributed by atoms with Crippen LogP contribution in [0.1, 0.15) is 30.0 Å². The van der Waals surface area contributed by atoms with Crippen LogP contribution in [0.25, 0.3) is 10.9 Å². The Morgan fingerprint density at radius 3 is 2.89 bits per heavy atom. The highest BCUT2D eigenvalue weighted by atomic mass is 16.5. The molecule has 27 heavy (non-hydrogen) atoms. The van der Waals surface area contributed by atoms with Crippen LogP contribution < -0.4 is 10.1 Å². The number of hydrogen-bond donors (Lipinski definition) is 2. The zero-order valence-electron chi connectivity index (χ0n) is 15.6. The average Bonchev–Trinajstić information content (AvgIpc) is 3.31. The summed E-state index contributed by atoms with van der Waals surface area (Å²) in [6.45, 7) is 1.88. The third-order valence-corrected chi connectivity index (χ3v) is 5.21. The van der Waals surface area contributed by atoms with Gasteiger partial charge in [0.2, 0.25) is 0 Å². The Morgan fingerprint density at radius 1 is 1.37 bits per heavy atom. The van der Waals surface area contributed by atoms with E-state index in [-0.39, 0.29) is 6.03 Å². The van der Waals surface area contributed by atoms with Crippen LogP contribution in [0, 0.1) is 0 Å². The molecule has 0 radical (unpaired) electrons. The van der Waals surface area contributed by atoms with Gasteiger partial charge in [0, 0.05) is 43.4 Å². The number of amides is 2. The second-order valence-electron chi connectivity index (χ2n) is 6.96. The highest BCUT2D eigenvalue weighted by Crippen LogP contribution is 2.34. The number of ether oxygens (including phenoxy) is 1. The lowest BCUT2D eigenvalue weighted by Crippen LogP contribution is -2.43. The van der Waals surface area contributed by atoms with Crippen molar-refractivity contribution in [2.24, 2.45) is 7.05 Å². The summed E-state index contributed by atoms with van der Waals surface area (Å²) in [4.78, 5) is 17.6. The Morgan fingerprint density at radius 2 is 2.19 bits per heavy atom. The summed E-state index contributed by atoms with van der Waals surface area (Å²) >= 11 is 0. The number of urea groups is 1. The smallest absolute Gasteiger partial charge is 0.317 e. The van der Waals surface area contributed by atoms with Crippen molar-refractivity contribution in [3.05, 3.63) is 41.9 Å². The van der Waals surface area contributed by atoms with Crippen LogP contribution in [0.2, 0.25) is 0 Å². The molecule has 8 heteroatoms. The molecule has 1 fully saturated rings. The summed E-state index contributed by atoms with van der Waals surface area (Å²) in [5.41, 5.74) is 3.19. The third-order valence-electron chi connectivity index (χ3n) is 5.21. The lowest BCUT2D eigenvalue weighted by atomic mass is 9.89. The fourth-order valence-corrected chi connectivity index (χ4v) is 3.73. The fourth-order valence-electron chi connectivity index (χ4n) is 3.73. The predicted molar refractivity (Wildman–Crippen MR) is 102 cm³/mol. The molecule has 1 saturated heterocycles. The van der Waals surface area contributed by atoms with E-state index in [1.165, 1.54) is 10.9 Å². The van der Waals surface area contributed by atoms with Crippen molar-refractivity contribution in [3.8, 4) is 5.75 Å². The lowest BCUT2D eigenvalue weighted by molar-refractivity contribution is 0.181. The summed E-state index contributed by atoms with van der Waals surface area (Å²) in [5, 5.41) is 12.0. The van der Waals surface area contributed by atoms with Crippen molar-refractivity contribution < 1.29 is 9.53 Å². The Balaban J connectivity index is 1.36. The normalized spacial score (nSPS) is 15.3. The number of benzene rings is 1. The van der Waals surface area contributed by atoms with E-state index in [1.54, 1.807) is 18.0 Å². The maximum atomic E-state index is 12.4. The Bertz CT molecular complexity index is 939. The van der Waals surface area contributed by atoms with E-state index in [0.717, 1.165) is 42.9 Å². The summed E-state index contributed by atoms with van der Waals surface area (Å²) in [7, 11) is 3.50. The fraction of sp³-hybridized carbons (Fsp3) is 0.421. The van der Waals surface area contributed by atoms with Gasteiger partial charge in [-0.2, -0.15) is 0 Å². The van der Waals surface area contributed by atoms with Crippen molar-refractivity contribution >= 4 is 16.9 Å². The molecular weight excluding hydrogens is 344 g/mol. The molecule has 2 N–H and O–H groups in total. The van der Waals surface area contributed by atoms with E-state index >= 15 is 0 Å². The summed E-state index contributed by atoms with van der Waals surface area (Å²) in [5.74, 6) is 1.30. The molecule has 3 aromatic rings. The molecule has 8 nitrogen and oxygen atoms in total. The largest absolute Gasteiger partial charge is 0.497 e. The maximum Gasteiger partial charge on any atom is 0.317 e. The molecule has 4 rings (SSSR count). The van der Waals surface area contributed by atoms with Gasteiger partial charge in [0.05, 0.1) is 13.7 Å². The van der Waals surface area contributed by atoms with Crippen LogP contribution in [-0.2, 0) is 13.6 Å². The van der Waals surface area contributed by atoms with Crippen LogP contribution >= 0.6 is 0 Å². The topological polar surface area (TPSA) is 88.1 Å². The first-order valence-electron chi connectivity index (χ1n) is 9.17. The number of rotatable bonds is 4. The molecule has 1 aliphatic rings. The van der Waals surface area contributed by atoms with Crippen LogP contribution in [-0.4, -0.2) is 51.1 Å². The van der Waals surface area contributed by atoms with Crippen molar-refractivity contribution in [1.82, 2.24) is 30.2 Å². The van der Waals surface area contributed by atoms with Gasteiger partial charge in [0.1, 0.15) is 11.4 Å². The number of fused-ring (bicyclic) bond motifs is 1. The number of aryl methyl sites for hydroxylation is 1. The first-order valence-corrected chi connectivity index (χ1v) is 9.17. The van der Waals surface area contributed by atoms with Gasteiger partial charge in [-0.25, -0.2) is 4.79 Å². The van der Waals surface area contributed by atoms with Crippen molar-refractivity contribution in [1.29, 1.82) is 0 Å². The molecule has 3 heterocycles. The number of aromatic amines is 1. The van der Waals surface area contributed by atoms with E-state index in [4.69, 9.17) is 4.74 Å². The second-order valence-corrected chi connectivity index (χ2v) is 6.96. The van der Waals surface area contributed by atoms with Crippen LogP contribution in [0.5, 0.6) is 5.75 Å². The molecule has 1 aliphatic heterocycles. The van der Waals surface area contributed by atoms with Gasteiger partial charge in [0.15, 0.2) is 0 Å². The van der Waals surface area contributed by atoms with Crippen molar-refractivity contribution in [2.45, 2.75) is 25.3 Å². The van der Waals surface area contributed by atoms with E-state index < -0.39 is 0 Å². The molecule has 2 aromatic heterocycles. The van der Waals surface area contributed by atoms with Gasteiger partial charge in [-0.05, 0) is 42.5 Å². The standard InChI is InChI=1S/C19H24N6O2/c1-24-12-14(22-23-24)10-21-19(26)25-7-5-13(6-8-25)17-11-20-18-4-3-15(27-2)9-16(17)18/h3-4,9,11-13,20H,5-8,10H2,1-2H3,(H,21,26). The number of H-pyrrole nitrogens is 1. The average molecular weight is 368 g/mol. The minimum Gasteiger partial charge on any atom is -0.497 e. The molecule has 0 aliphatic carbocycles. The van der Waals surface area contributed by atoms with E-state index in [1.807, 2.05) is 24.1 Å².